The van der Waals surface area contributed by atoms with E-state index in [-0.39, 0.29) is 0 Å². The SMILES string of the molecule is C1CCCCC1.CC.CC.CC(C)C.CC(C)C.c1cc2ccc3cccc4ccc(c1)c2c34.c1cc2ccc3cccc4ccc(c1)c2c34. The van der Waals surface area contributed by atoms with Crippen LogP contribution in [-0.4, -0.2) is 0 Å². The van der Waals surface area contributed by atoms with Gasteiger partial charge in [0.05, 0.1) is 0 Å². The van der Waals surface area contributed by atoms with Crippen molar-refractivity contribution in [2.24, 2.45) is 11.8 Å². The van der Waals surface area contributed by atoms with E-state index in [0.717, 1.165) is 11.8 Å². The quantitative estimate of drug-likeness (QED) is 0.142. The molecule has 50 heavy (non-hydrogen) atoms. The van der Waals surface area contributed by atoms with Gasteiger partial charge in [0.15, 0.2) is 0 Å². The third-order valence-corrected chi connectivity index (χ3v) is 8.29. The van der Waals surface area contributed by atoms with Gasteiger partial charge in [0.1, 0.15) is 0 Å². The first kappa shape index (κ1) is 40.3. The average Bonchev–Trinajstić information content (AvgIpc) is 3.15. The first-order valence-corrected chi connectivity index (χ1v) is 19.6. The van der Waals surface area contributed by atoms with Crippen LogP contribution in [0.2, 0.25) is 0 Å². The van der Waals surface area contributed by atoms with Crippen LogP contribution in [0.1, 0.15) is 108 Å². The predicted octanol–water partition coefficient (Wildman–Crippen LogP) is 16.9. The van der Waals surface area contributed by atoms with Gasteiger partial charge in [-0.25, -0.2) is 0 Å². The molecule has 0 bridgehead atoms. The maximum atomic E-state index is 2.21. The molecule has 1 aliphatic carbocycles. The predicted molar refractivity (Wildman–Crippen MR) is 232 cm³/mol. The van der Waals surface area contributed by atoms with Crippen molar-refractivity contribution in [3.63, 3.8) is 0 Å². The molecular formula is C50H64. The molecule has 0 atom stereocenters. The zero-order valence-corrected chi connectivity index (χ0v) is 32.9. The zero-order chi connectivity index (χ0) is 36.5. The second-order valence-corrected chi connectivity index (χ2v) is 14.2. The smallest absolute Gasteiger partial charge is 0.00268 e. The van der Waals surface area contributed by atoms with Gasteiger partial charge >= 0.3 is 0 Å². The molecule has 0 amide bonds. The first-order valence-electron chi connectivity index (χ1n) is 19.6. The van der Waals surface area contributed by atoms with Gasteiger partial charge in [0.2, 0.25) is 0 Å². The summed E-state index contributed by atoms with van der Waals surface area (Å²) in [6.07, 6.45) is 9.00. The second-order valence-electron chi connectivity index (χ2n) is 14.2. The van der Waals surface area contributed by atoms with Crippen molar-refractivity contribution in [3.05, 3.63) is 121 Å². The molecule has 0 aliphatic heterocycles. The molecule has 1 saturated carbocycles. The summed E-state index contributed by atoms with van der Waals surface area (Å²) in [6.45, 7) is 21.0. The lowest BCUT2D eigenvalue weighted by Gasteiger charge is -2.09. The third-order valence-electron chi connectivity index (χ3n) is 8.29. The normalized spacial score (nSPS) is 12.1. The molecule has 8 aromatic carbocycles. The average molecular weight is 665 g/mol. The highest BCUT2D eigenvalue weighted by Gasteiger charge is 2.07. The van der Waals surface area contributed by atoms with E-state index in [2.05, 4.69) is 163 Å². The number of benzene rings is 8. The van der Waals surface area contributed by atoms with Gasteiger partial charge < -0.3 is 0 Å². The molecule has 0 radical (unpaired) electrons. The number of rotatable bonds is 0. The molecule has 0 nitrogen and oxygen atoms in total. The zero-order valence-electron chi connectivity index (χ0n) is 32.9. The minimum atomic E-state index is 0.833. The van der Waals surface area contributed by atoms with Crippen LogP contribution in [-0.2, 0) is 0 Å². The van der Waals surface area contributed by atoms with E-state index in [4.69, 9.17) is 0 Å². The molecular weight excluding hydrogens is 601 g/mol. The lowest BCUT2D eigenvalue weighted by Crippen LogP contribution is -1.85. The van der Waals surface area contributed by atoms with Crippen LogP contribution in [0.25, 0.3) is 64.6 Å². The van der Waals surface area contributed by atoms with Crippen LogP contribution in [0.5, 0.6) is 0 Å². The molecule has 0 aromatic heterocycles. The van der Waals surface area contributed by atoms with Gasteiger partial charge in [0.25, 0.3) is 0 Å². The standard InChI is InChI=1S/2C16H10.C6H12.2C4H10.2C2H6/c2*1-3-11-7-9-13-5-2-6-14-10-8-12(4-1)15(11)16(13)14;1-2-4-6-5-3-1;2*1-4(2)3;2*1-2/h2*1-10H;1-6H2;2*4H,1-3H3;2*1-2H3. The van der Waals surface area contributed by atoms with Gasteiger partial charge in [0, 0.05) is 0 Å². The van der Waals surface area contributed by atoms with E-state index in [1.807, 2.05) is 27.7 Å². The summed E-state index contributed by atoms with van der Waals surface area (Å²) in [6, 6.07) is 43.7. The summed E-state index contributed by atoms with van der Waals surface area (Å²) in [4.78, 5) is 0. The van der Waals surface area contributed by atoms with Gasteiger partial charge in [-0.1, -0.05) is 229 Å². The molecule has 0 saturated heterocycles. The van der Waals surface area contributed by atoms with Gasteiger partial charge in [-0.2, -0.15) is 0 Å². The Bertz CT molecular complexity index is 1650. The second kappa shape index (κ2) is 21.1. The third kappa shape index (κ3) is 10.9. The Morgan fingerprint density at radius 1 is 0.260 bits per heavy atom. The highest BCUT2D eigenvalue weighted by Crippen LogP contribution is 2.35. The van der Waals surface area contributed by atoms with E-state index < -0.39 is 0 Å². The van der Waals surface area contributed by atoms with Gasteiger partial charge in [-0.05, 0) is 76.5 Å². The summed E-state index contributed by atoms with van der Waals surface area (Å²) >= 11 is 0. The summed E-state index contributed by atoms with van der Waals surface area (Å²) in [5.41, 5.74) is 0. The van der Waals surface area contributed by atoms with Crippen molar-refractivity contribution in [1.29, 1.82) is 0 Å². The van der Waals surface area contributed by atoms with E-state index in [1.54, 1.807) is 0 Å². The summed E-state index contributed by atoms with van der Waals surface area (Å²) in [5, 5.41) is 16.3. The molecule has 1 aliphatic rings. The van der Waals surface area contributed by atoms with Crippen LogP contribution in [0.15, 0.2) is 121 Å². The van der Waals surface area contributed by atoms with Gasteiger partial charge in [-0.15, -0.1) is 0 Å². The molecule has 264 valence electrons. The fourth-order valence-electron chi connectivity index (χ4n) is 6.40. The Hall–Kier alpha value is -4.16. The summed E-state index contributed by atoms with van der Waals surface area (Å²) < 4.78 is 0. The fourth-order valence-corrected chi connectivity index (χ4v) is 6.40. The molecule has 0 N–H and O–H groups in total. The topological polar surface area (TPSA) is 0 Å². The minimum absolute atomic E-state index is 0.833. The van der Waals surface area contributed by atoms with Gasteiger partial charge in [-0.3, -0.25) is 0 Å². The molecule has 0 heterocycles. The van der Waals surface area contributed by atoms with E-state index in [1.165, 1.54) is 103 Å². The van der Waals surface area contributed by atoms with Crippen molar-refractivity contribution >= 4 is 64.6 Å². The Morgan fingerprint density at radius 2 is 0.380 bits per heavy atom. The summed E-state index contributed by atoms with van der Waals surface area (Å²) in [7, 11) is 0. The highest BCUT2D eigenvalue weighted by atomic mass is 14.1. The first-order chi connectivity index (χ1) is 24.3. The minimum Gasteiger partial charge on any atom is -0.0683 e. The fraction of sp³-hybridized carbons (Fsp3) is 0.360. The number of hydrogen-bond acceptors (Lipinski definition) is 0. The molecule has 8 aromatic rings. The Balaban J connectivity index is 0.000000185. The van der Waals surface area contributed by atoms with Crippen LogP contribution in [0.3, 0.4) is 0 Å². The molecule has 1 fully saturated rings. The molecule has 0 heteroatoms. The van der Waals surface area contributed by atoms with Crippen LogP contribution >= 0.6 is 0 Å². The molecule has 0 unspecified atom stereocenters. The lowest BCUT2D eigenvalue weighted by atomic mass is 9.95. The van der Waals surface area contributed by atoms with Crippen molar-refractivity contribution in [2.45, 2.75) is 108 Å². The van der Waals surface area contributed by atoms with E-state index >= 15 is 0 Å². The Morgan fingerprint density at radius 3 is 0.500 bits per heavy atom. The van der Waals surface area contributed by atoms with Crippen molar-refractivity contribution in [2.75, 3.05) is 0 Å². The highest BCUT2D eigenvalue weighted by molar-refractivity contribution is 6.23. The van der Waals surface area contributed by atoms with E-state index in [0.29, 0.717) is 0 Å². The maximum Gasteiger partial charge on any atom is -0.00268 e. The van der Waals surface area contributed by atoms with Crippen molar-refractivity contribution in [3.8, 4) is 0 Å². The van der Waals surface area contributed by atoms with Crippen molar-refractivity contribution in [1.82, 2.24) is 0 Å². The van der Waals surface area contributed by atoms with Crippen LogP contribution in [0.4, 0.5) is 0 Å². The Labute approximate surface area is 304 Å². The molecule has 9 rings (SSSR count). The Kier molecular flexibility index (Phi) is 17.0. The number of hydrogen-bond donors (Lipinski definition) is 0. The largest absolute Gasteiger partial charge is 0.0683 e. The monoisotopic (exact) mass is 665 g/mol. The lowest BCUT2D eigenvalue weighted by molar-refractivity contribution is 0.504. The summed E-state index contributed by atoms with van der Waals surface area (Å²) in [5.74, 6) is 1.67. The maximum absolute atomic E-state index is 2.21. The van der Waals surface area contributed by atoms with Crippen molar-refractivity contribution < 1.29 is 0 Å². The van der Waals surface area contributed by atoms with Crippen LogP contribution < -0.4 is 0 Å². The molecule has 0 spiro atoms. The van der Waals surface area contributed by atoms with Crippen LogP contribution in [0, 0.1) is 11.8 Å². The van der Waals surface area contributed by atoms with E-state index in [9.17, 15) is 0 Å².